The van der Waals surface area contributed by atoms with Gasteiger partial charge in [0, 0.05) is 20.1 Å². The van der Waals surface area contributed by atoms with E-state index in [0.29, 0.717) is 24.5 Å². The molecule has 0 radical (unpaired) electrons. The zero-order valence-corrected chi connectivity index (χ0v) is 14.1. The van der Waals surface area contributed by atoms with E-state index in [1.54, 1.807) is 22.9 Å². The number of piperidine rings is 1. The highest BCUT2D eigenvalue weighted by Gasteiger charge is 2.39. The Bertz CT molecular complexity index is 601. The number of anilines is 1. The quantitative estimate of drug-likeness (QED) is 0.918. The summed E-state index contributed by atoms with van der Waals surface area (Å²) in [4.78, 5) is 28.7. The van der Waals surface area contributed by atoms with Crippen molar-refractivity contribution in [3.05, 3.63) is 29.3 Å². The molecule has 2 saturated heterocycles. The van der Waals surface area contributed by atoms with Crippen LogP contribution in [-0.4, -0.2) is 49.4 Å². The van der Waals surface area contributed by atoms with Crippen molar-refractivity contribution in [2.75, 3.05) is 31.6 Å². The van der Waals surface area contributed by atoms with E-state index in [1.165, 1.54) is 0 Å². The number of amides is 2. The van der Waals surface area contributed by atoms with Crippen molar-refractivity contribution in [1.29, 1.82) is 0 Å². The molecule has 0 aliphatic carbocycles. The van der Waals surface area contributed by atoms with Crippen LogP contribution in [-0.2, 0) is 9.59 Å². The fraction of sp³-hybridized carbons (Fsp3) is 0.529. The summed E-state index contributed by atoms with van der Waals surface area (Å²) in [6.07, 6.45) is 2.55. The highest BCUT2D eigenvalue weighted by atomic mass is 35.5. The number of hydrogen-bond acceptors (Lipinski definition) is 3. The van der Waals surface area contributed by atoms with E-state index in [0.717, 1.165) is 25.1 Å². The van der Waals surface area contributed by atoms with Crippen molar-refractivity contribution in [2.24, 2.45) is 5.92 Å². The van der Waals surface area contributed by atoms with E-state index in [9.17, 15) is 9.59 Å². The number of hydrogen-bond donors (Lipinski definition) is 1. The standard InChI is InChI=1S/C17H22ClN3O2/c1-20(16(22)12-5-4-9-19-11-12)15-8-10-21(17(15)23)14-7-3-2-6-13(14)18/h2-3,6-7,12,15,19H,4-5,8-11H2,1H3. The molecular formula is C17H22ClN3O2. The predicted molar refractivity (Wildman–Crippen MR) is 90.6 cm³/mol. The van der Waals surface area contributed by atoms with Gasteiger partial charge in [-0.15, -0.1) is 0 Å². The van der Waals surface area contributed by atoms with Crippen LogP contribution in [0.15, 0.2) is 24.3 Å². The Hall–Kier alpha value is -1.59. The summed E-state index contributed by atoms with van der Waals surface area (Å²) in [6.45, 7) is 2.27. The van der Waals surface area contributed by atoms with Crippen molar-refractivity contribution >= 4 is 29.1 Å². The molecule has 0 spiro atoms. The molecule has 0 bridgehead atoms. The summed E-state index contributed by atoms with van der Waals surface area (Å²) >= 11 is 6.20. The van der Waals surface area contributed by atoms with Gasteiger partial charge in [-0.2, -0.15) is 0 Å². The van der Waals surface area contributed by atoms with E-state index in [2.05, 4.69) is 5.32 Å². The Labute approximate surface area is 141 Å². The maximum Gasteiger partial charge on any atom is 0.249 e. The molecule has 2 atom stereocenters. The normalized spacial score (nSPS) is 24.8. The van der Waals surface area contributed by atoms with Gasteiger partial charge < -0.3 is 15.1 Å². The number of nitrogens with one attached hydrogen (secondary N) is 1. The number of rotatable bonds is 3. The topological polar surface area (TPSA) is 52.7 Å². The third-order valence-corrected chi connectivity index (χ3v) is 5.10. The van der Waals surface area contributed by atoms with Gasteiger partial charge in [0.2, 0.25) is 11.8 Å². The number of halogens is 1. The summed E-state index contributed by atoms with van der Waals surface area (Å²) in [5.41, 5.74) is 0.724. The molecule has 6 heteroatoms. The molecule has 2 fully saturated rings. The highest BCUT2D eigenvalue weighted by Crippen LogP contribution is 2.30. The zero-order valence-electron chi connectivity index (χ0n) is 13.3. The SMILES string of the molecule is CN(C(=O)C1CCCNC1)C1CCN(c2ccccc2Cl)C1=O. The summed E-state index contributed by atoms with van der Waals surface area (Å²) in [5, 5.41) is 3.82. The number of carbonyl (C=O) groups is 2. The molecule has 2 aliphatic heterocycles. The molecule has 1 N–H and O–H groups in total. The summed E-state index contributed by atoms with van der Waals surface area (Å²) < 4.78 is 0. The van der Waals surface area contributed by atoms with E-state index in [1.807, 2.05) is 18.2 Å². The minimum absolute atomic E-state index is 0.0177. The van der Waals surface area contributed by atoms with Crippen LogP contribution < -0.4 is 10.2 Å². The molecule has 2 heterocycles. The Morgan fingerprint density at radius 3 is 2.83 bits per heavy atom. The molecule has 2 aliphatic rings. The second-order valence-corrected chi connectivity index (χ2v) is 6.65. The number of benzene rings is 1. The average Bonchev–Trinajstić information content (AvgIpc) is 2.96. The van der Waals surface area contributed by atoms with Gasteiger partial charge in [-0.25, -0.2) is 0 Å². The Morgan fingerprint density at radius 1 is 1.35 bits per heavy atom. The lowest BCUT2D eigenvalue weighted by molar-refractivity contribution is -0.140. The average molecular weight is 336 g/mol. The number of likely N-dealkylation sites (N-methyl/N-ethyl adjacent to an activating group) is 1. The molecule has 23 heavy (non-hydrogen) atoms. The van der Waals surface area contributed by atoms with Crippen molar-refractivity contribution in [3.63, 3.8) is 0 Å². The van der Waals surface area contributed by atoms with E-state index < -0.39 is 0 Å². The number of carbonyl (C=O) groups excluding carboxylic acids is 2. The maximum atomic E-state index is 12.7. The van der Waals surface area contributed by atoms with Crippen LogP contribution >= 0.6 is 11.6 Å². The molecule has 5 nitrogen and oxygen atoms in total. The van der Waals surface area contributed by atoms with Gasteiger partial charge in [0.05, 0.1) is 16.6 Å². The molecule has 0 saturated carbocycles. The van der Waals surface area contributed by atoms with Crippen LogP contribution in [0.2, 0.25) is 5.02 Å². The van der Waals surface area contributed by atoms with Gasteiger partial charge in [-0.05, 0) is 37.9 Å². The van der Waals surface area contributed by atoms with Gasteiger partial charge in [0.1, 0.15) is 6.04 Å². The van der Waals surface area contributed by atoms with E-state index in [-0.39, 0.29) is 23.8 Å². The van der Waals surface area contributed by atoms with Crippen LogP contribution in [0, 0.1) is 5.92 Å². The highest BCUT2D eigenvalue weighted by molar-refractivity contribution is 6.34. The van der Waals surface area contributed by atoms with E-state index in [4.69, 9.17) is 11.6 Å². The molecule has 2 amide bonds. The maximum absolute atomic E-state index is 12.7. The van der Waals surface area contributed by atoms with Crippen LogP contribution in [0.4, 0.5) is 5.69 Å². The zero-order chi connectivity index (χ0) is 16.4. The summed E-state index contributed by atoms with van der Waals surface area (Å²) in [6, 6.07) is 6.94. The summed E-state index contributed by atoms with van der Waals surface area (Å²) in [5.74, 6) is 0.00481. The Balaban J connectivity index is 1.71. The molecule has 3 rings (SSSR count). The second-order valence-electron chi connectivity index (χ2n) is 6.24. The van der Waals surface area contributed by atoms with E-state index >= 15 is 0 Å². The fourth-order valence-electron chi connectivity index (χ4n) is 3.44. The van der Waals surface area contributed by atoms with Gasteiger partial charge >= 0.3 is 0 Å². The summed E-state index contributed by atoms with van der Waals surface area (Å²) in [7, 11) is 1.75. The lowest BCUT2D eigenvalue weighted by Crippen LogP contribution is -2.48. The first-order chi connectivity index (χ1) is 11.1. The van der Waals surface area contributed by atoms with Crippen LogP contribution in [0.1, 0.15) is 19.3 Å². The Morgan fingerprint density at radius 2 is 2.13 bits per heavy atom. The molecule has 0 aromatic heterocycles. The van der Waals surface area contributed by atoms with Gasteiger partial charge in [0.25, 0.3) is 0 Å². The third kappa shape index (κ3) is 3.21. The van der Waals surface area contributed by atoms with Gasteiger partial charge in [-0.1, -0.05) is 23.7 Å². The molecule has 1 aromatic rings. The first-order valence-electron chi connectivity index (χ1n) is 8.13. The Kier molecular flexibility index (Phi) is 4.87. The minimum atomic E-state index is -0.388. The fourth-order valence-corrected chi connectivity index (χ4v) is 3.68. The molecule has 2 unspecified atom stereocenters. The minimum Gasteiger partial charge on any atom is -0.333 e. The van der Waals surface area contributed by atoms with Crippen molar-refractivity contribution < 1.29 is 9.59 Å². The van der Waals surface area contributed by atoms with Crippen molar-refractivity contribution in [1.82, 2.24) is 10.2 Å². The second kappa shape index (κ2) is 6.89. The monoisotopic (exact) mass is 335 g/mol. The van der Waals surface area contributed by atoms with Crippen LogP contribution in [0.3, 0.4) is 0 Å². The molecule has 124 valence electrons. The number of nitrogens with zero attached hydrogens (tertiary/aromatic N) is 2. The molecular weight excluding hydrogens is 314 g/mol. The van der Waals surface area contributed by atoms with Gasteiger partial charge in [0.15, 0.2) is 0 Å². The first-order valence-corrected chi connectivity index (χ1v) is 8.50. The van der Waals surface area contributed by atoms with Crippen molar-refractivity contribution in [2.45, 2.75) is 25.3 Å². The van der Waals surface area contributed by atoms with Crippen LogP contribution in [0.25, 0.3) is 0 Å². The number of para-hydroxylation sites is 1. The first kappa shape index (κ1) is 16.3. The lowest BCUT2D eigenvalue weighted by atomic mass is 9.97. The van der Waals surface area contributed by atoms with Crippen molar-refractivity contribution in [3.8, 4) is 0 Å². The third-order valence-electron chi connectivity index (χ3n) is 4.78. The van der Waals surface area contributed by atoms with Crippen LogP contribution in [0.5, 0.6) is 0 Å². The molecule has 1 aromatic carbocycles. The largest absolute Gasteiger partial charge is 0.333 e. The predicted octanol–water partition coefficient (Wildman–Crippen LogP) is 1.90. The lowest BCUT2D eigenvalue weighted by Gasteiger charge is -2.30. The smallest absolute Gasteiger partial charge is 0.249 e. The van der Waals surface area contributed by atoms with Gasteiger partial charge in [-0.3, -0.25) is 9.59 Å².